The summed E-state index contributed by atoms with van der Waals surface area (Å²) in [4.78, 5) is 30.4. The number of carbonyl (C=O) groups excluding carboxylic acids is 2. The molecule has 0 N–H and O–H groups in total. The van der Waals surface area contributed by atoms with Gasteiger partial charge in [0.05, 0.1) is 12.1 Å². The Hall–Kier alpha value is -2.67. The van der Waals surface area contributed by atoms with Crippen LogP contribution in [0.1, 0.15) is 12.1 Å². The van der Waals surface area contributed by atoms with Crippen molar-refractivity contribution in [2.24, 2.45) is 0 Å². The SMILES string of the molecule is CN(C)CCC(=O)N1CCN(C(=O)Cc2cc(-c3ccccc3)on2)CC1. The summed E-state index contributed by atoms with van der Waals surface area (Å²) in [7, 11) is 3.91. The number of amides is 2. The van der Waals surface area contributed by atoms with E-state index < -0.39 is 0 Å². The molecule has 0 saturated carbocycles. The third kappa shape index (κ3) is 5.17. The standard InChI is InChI=1S/C20H26N4O3/c1-22(2)9-8-19(25)23-10-12-24(13-11-23)20(26)15-17-14-18(27-21-17)16-6-4-3-5-7-16/h3-7,14H,8-13,15H2,1-2H3. The summed E-state index contributed by atoms with van der Waals surface area (Å²) >= 11 is 0. The second-order valence-corrected chi connectivity index (χ2v) is 7.04. The highest BCUT2D eigenvalue weighted by Gasteiger charge is 2.24. The van der Waals surface area contributed by atoms with Crippen molar-refractivity contribution in [2.75, 3.05) is 46.8 Å². The summed E-state index contributed by atoms with van der Waals surface area (Å²) in [6, 6.07) is 11.5. The predicted molar refractivity (Wildman–Crippen MR) is 102 cm³/mol. The largest absolute Gasteiger partial charge is 0.356 e. The van der Waals surface area contributed by atoms with Crippen LogP contribution in [0.5, 0.6) is 0 Å². The molecule has 1 aromatic heterocycles. The van der Waals surface area contributed by atoms with E-state index in [1.807, 2.05) is 60.3 Å². The van der Waals surface area contributed by atoms with Crippen LogP contribution in [0.3, 0.4) is 0 Å². The van der Waals surface area contributed by atoms with Crippen LogP contribution in [0, 0.1) is 0 Å². The summed E-state index contributed by atoms with van der Waals surface area (Å²) < 4.78 is 5.36. The lowest BCUT2D eigenvalue weighted by atomic mass is 10.1. The van der Waals surface area contributed by atoms with E-state index in [9.17, 15) is 9.59 Å². The molecule has 2 heterocycles. The van der Waals surface area contributed by atoms with E-state index in [0.717, 1.165) is 12.1 Å². The minimum absolute atomic E-state index is 0.0169. The van der Waals surface area contributed by atoms with Gasteiger partial charge in [-0.3, -0.25) is 9.59 Å². The molecule has 0 atom stereocenters. The van der Waals surface area contributed by atoms with E-state index in [4.69, 9.17) is 4.52 Å². The Bertz CT molecular complexity index is 765. The third-order valence-electron chi connectivity index (χ3n) is 4.71. The van der Waals surface area contributed by atoms with Crippen LogP contribution < -0.4 is 0 Å². The fourth-order valence-corrected chi connectivity index (χ4v) is 3.08. The molecule has 27 heavy (non-hydrogen) atoms. The highest BCUT2D eigenvalue weighted by molar-refractivity contribution is 5.80. The average molecular weight is 370 g/mol. The molecule has 0 radical (unpaired) electrons. The molecule has 0 aliphatic carbocycles. The highest BCUT2D eigenvalue weighted by atomic mass is 16.5. The van der Waals surface area contributed by atoms with Crippen molar-refractivity contribution < 1.29 is 14.1 Å². The van der Waals surface area contributed by atoms with Gasteiger partial charge in [0.25, 0.3) is 0 Å². The molecule has 0 spiro atoms. The molecule has 144 valence electrons. The summed E-state index contributed by atoms with van der Waals surface area (Å²) in [5.41, 5.74) is 1.57. The molecule has 0 unspecified atom stereocenters. The van der Waals surface area contributed by atoms with Gasteiger partial charge in [-0.25, -0.2) is 0 Å². The first-order chi connectivity index (χ1) is 13.0. The van der Waals surface area contributed by atoms with Crippen molar-refractivity contribution in [2.45, 2.75) is 12.8 Å². The van der Waals surface area contributed by atoms with E-state index in [0.29, 0.717) is 44.1 Å². The maximum atomic E-state index is 12.5. The first-order valence-corrected chi connectivity index (χ1v) is 9.24. The van der Waals surface area contributed by atoms with Crippen LogP contribution in [0.15, 0.2) is 40.9 Å². The molecular formula is C20H26N4O3. The van der Waals surface area contributed by atoms with Crippen molar-refractivity contribution in [1.29, 1.82) is 0 Å². The monoisotopic (exact) mass is 370 g/mol. The lowest BCUT2D eigenvalue weighted by Crippen LogP contribution is -2.51. The number of hydrogen-bond donors (Lipinski definition) is 0. The van der Waals surface area contributed by atoms with Gasteiger partial charge in [0.2, 0.25) is 11.8 Å². The number of nitrogens with zero attached hydrogens (tertiary/aromatic N) is 4. The summed E-state index contributed by atoms with van der Waals surface area (Å²) in [5.74, 6) is 0.831. The molecule has 1 aromatic carbocycles. The zero-order valence-corrected chi connectivity index (χ0v) is 15.9. The van der Waals surface area contributed by atoms with Gasteiger partial charge in [-0.2, -0.15) is 0 Å². The molecule has 2 amide bonds. The maximum absolute atomic E-state index is 12.5. The second-order valence-electron chi connectivity index (χ2n) is 7.04. The minimum Gasteiger partial charge on any atom is -0.356 e. The Morgan fingerprint density at radius 2 is 1.67 bits per heavy atom. The first kappa shape index (κ1) is 19.1. The van der Waals surface area contributed by atoms with Crippen LogP contribution in [0.2, 0.25) is 0 Å². The highest BCUT2D eigenvalue weighted by Crippen LogP contribution is 2.20. The molecule has 7 nitrogen and oxygen atoms in total. The smallest absolute Gasteiger partial charge is 0.228 e. The summed E-state index contributed by atoms with van der Waals surface area (Å²) in [6.45, 7) is 3.05. The van der Waals surface area contributed by atoms with Gasteiger partial charge >= 0.3 is 0 Å². The number of piperazine rings is 1. The van der Waals surface area contributed by atoms with E-state index in [1.54, 1.807) is 4.90 Å². The molecule has 1 saturated heterocycles. The third-order valence-corrected chi connectivity index (χ3v) is 4.71. The summed E-state index contributed by atoms with van der Waals surface area (Å²) in [5, 5.41) is 4.02. The molecule has 2 aromatic rings. The Morgan fingerprint density at radius 1 is 1.04 bits per heavy atom. The molecule has 7 heteroatoms. The Morgan fingerprint density at radius 3 is 2.30 bits per heavy atom. The van der Waals surface area contributed by atoms with Crippen molar-refractivity contribution in [1.82, 2.24) is 19.9 Å². The number of aromatic nitrogens is 1. The van der Waals surface area contributed by atoms with Crippen LogP contribution in [0.4, 0.5) is 0 Å². The van der Waals surface area contributed by atoms with Crippen molar-refractivity contribution in [3.63, 3.8) is 0 Å². The van der Waals surface area contributed by atoms with Crippen LogP contribution in [-0.4, -0.2) is 78.5 Å². The van der Waals surface area contributed by atoms with Gasteiger partial charge in [0.15, 0.2) is 5.76 Å². The molecule has 0 bridgehead atoms. The molecule has 1 fully saturated rings. The number of rotatable bonds is 6. The zero-order chi connectivity index (χ0) is 19.2. The lowest BCUT2D eigenvalue weighted by Gasteiger charge is -2.35. The van der Waals surface area contributed by atoms with Gasteiger partial charge in [-0.1, -0.05) is 35.5 Å². The zero-order valence-electron chi connectivity index (χ0n) is 15.9. The van der Waals surface area contributed by atoms with Crippen molar-refractivity contribution in [3.8, 4) is 11.3 Å². The van der Waals surface area contributed by atoms with Gasteiger partial charge in [-0.15, -0.1) is 0 Å². The number of carbonyl (C=O) groups is 2. The second kappa shape index (κ2) is 8.81. The van der Waals surface area contributed by atoms with E-state index in [2.05, 4.69) is 5.16 Å². The van der Waals surface area contributed by atoms with E-state index >= 15 is 0 Å². The first-order valence-electron chi connectivity index (χ1n) is 9.24. The lowest BCUT2D eigenvalue weighted by molar-refractivity contribution is -0.139. The van der Waals surface area contributed by atoms with Crippen LogP contribution in [0.25, 0.3) is 11.3 Å². The molecule has 1 aliphatic heterocycles. The minimum atomic E-state index is 0.0169. The van der Waals surface area contributed by atoms with E-state index in [1.165, 1.54) is 0 Å². The number of hydrogen-bond acceptors (Lipinski definition) is 5. The van der Waals surface area contributed by atoms with Gasteiger partial charge in [0.1, 0.15) is 0 Å². The van der Waals surface area contributed by atoms with Crippen molar-refractivity contribution >= 4 is 11.8 Å². The fraction of sp³-hybridized carbons (Fsp3) is 0.450. The number of benzene rings is 1. The maximum Gasteiger partial charge on any atom is 0.228 e. The Kier molecular flexibility index (Phi) is 6.24. The van der Waals surface area contributed by atoms with Crippen molar-refractivity contribution in [3.05, 3.63) is 42.1 Å². The van der Waals surface area contributed by atoms with Crippen LogP contribution in [-0.2, 0) is 16.0 Å². The predicted octanol–water partition coefficient (Wildman–Crippen LogP) is 1.51. The average Bonchev–Trinajstić information content (AvgIpc) is 3.15. The molecular weight excluding hydrogens is 344 g/mol. The Balaban J connectivity index is 1.49. The topological polar surface area (TPSA) is 69.9 Å². The quantitative estimate of drug-likeness (QED) is 0.771. The summed E-state index contributed by atoms with van der Waals surface area (Å²) in [6.07, 6.45) is 0.729. The fourth-order valence-electron chi connectivity index (χ4n) is 3.08. The van der Waals surface area contributed by atoms with Crippen LogP contribution >= 0.6 is 0 Å². The van der Waals surface area contributed by atoms with Gasteiger partial charge in [0, 0.05) is 50.8 Å². The van der Waals surface area contributed by atoms with Gasteiger partial charge in [-0.05, 0) is 14.1 Å². The molecule has 1 aliphatic rings. The Labute approximate surface area is 159 Å². The van der Waals surface area contributed by atoms with Gasteiger partial charge < -0.3 is 19.2 Å². The molecule has 3 rings (SSSR count). The van der Waals surface area contributed by atoms with E-state index in [-0.39, 0.29) is 18.2 Å². The normalized spacial score (nSPS) is 14.6.